The standard InChI is InChI=1S/C18H21NO3/c20-17(19-11-10-12-4-2-1-3-5-12)15-13-6-8-14(9-7-13)16(15)18(21)22/h1-6,8,13-16H,7,9-11H2,(H,19,20)(H,21,22)/t13-,14+,15-,16+/m1/s1. The molecule has 4 nitrogen and oxygen atoms in total. The van der Waals surface area contributed by atoms with Crippen molar-refractivity contribution in [1.29, 1.82) is 0 Å². The van der Waals surface area contributed by atoms with Gasteiger partial charge in [-0.1, -0.05) is 42.5 Å². The zero-order valence-electron chi connectivity index (χ0n) is 12.4. The van der Waals surface area contributed by atoms with Crippen molar-refractivity contribution in [2.75, 3.05) is 6.54 Å². The molecule has 3 aliphatic carbocycles. The SMILES string of the molecule is O=C(O)[C@@H]1[C@H](C(=O)NCCc2ccccc2)[C@@H]2C=C[C@H]1CC2. The quantitative estimate of drug-likeness (QED) is 0.820. The predicted octanol–water partition coefficient (Wildman–Crippen LogP) is 2.26. The van der Waals surface area contributed by atoms with E-state index >= 15 is 0 Å². The molecule has 4 heteroatoms. The maximum Gasteiger partial charge on any atom is 0.307 e. The van der Waals surface area contributed by atoms with E-state index in [1.54, 1.807) is 0 Å². The maximum absolute atomic E-state index is 12.5. The van der Waals surface area contributed by atoms with Crippen LogP contribution >= 0.6 is 0 Å². The van der Waals surface area contributed by atoms with Crippen LogP contribution in [0, 0.1) is 23.7 Å². The zero-order valence-corrected chi connectivity index (χ0v) is 12.4. The van der Waals surface area contributed by atoms with Crippen molar-refractivity contribution in [3.8, 4) is 0 Å². The number of carbonyl (C=O) groups excluding carboxylic acids is 1. The average molecular weight is 299 g/mol. The Kier molecular flexibility index (Phi) is 4.27. The Labute approximate surface area is 130 Å². The van der Waals surface area contributed by atoms with E-state index in [2.05, 4.69) is 5.32 Å². The van der Waals surface area contributed by atoms with Crippen molar-refractivity contribution < 1.29 is 14.7 Å². The van der Waals surface area contributed by atoms with Crippen LogP contribution in [0.3, 0.4) is 0 Å². The summed E-state index contributed by atoms with van der Waals surface area (Å²) in [5.74, 6) is -1.86. The van der Waals surface area contributed by atoms with Crippen molar-refractivity contribution >= 4 is 11.9 Å². The molecule has 3 aliphatic rings. The van der Waals surface area contributed by atoms with Gasteiger partial charge in [0.15, 0.2) is 0 Å². The molecular weight excluding hydrogens is 278 g/mol. The van der Waals surface area contributed by atoms with E-state index in [4.69, 9.17) is 0 Å². The first-order valence-electron chi connectivity index (χ1n) is 7.89. The largest absolute Gasteiger partial charge is 0.481 e. The summed E-state index contributed by atoms with van der Waals surface area (Å²) in [6.07, 6.45) is 6.59. The number of fused-ring (bicyclic) bond motifs is 2. The fraction of sp³-hybridized carbons (Fsp3) is 0.444. The number of rotatable bonds is 5. The van der Waals surface area contributed by atoms with Gasteiger partial charge < -0.3 is 10.4 Å². The monoisotopic (exact) mass is 299 g/mol. The van der Waals surface area contributed by atoms with E-state index in [0.29, 0.717) is 6.54 Å². The third kappa shape index (κ3) is 2.91. The van der Waals surface area contributed by atoms with Gasteiger partial charge >= 0.3 is 5.97 Å². The fourth-order valence-electron chi connectivity index (χ4n) is 3.78. The molecule has 1 aromatic carbocycles. The lowest BCUT2D eigenvalue weighted by Gasteiger charge is -2.41. The minimum absolute atomic E-state index is 0.00683. The number of carbonyl (C=O) groups is 2. The minimum Gasteiger partial charge on any atom is -0.481 e. The van der Waals surface area contributed by atoms with Crippen LogP contribution in [-0.4, -0.2) is 23.5 Å². The van der Waals surface area contributed by atoms with E-state index in [-0.39, 0.29) is 17.7 Å². The molecule has 1 aromatic rings. The number of nitrogens with one attached hydrogen (secondary N) is 1. The Morgan fingerprint density at radius 1 is 1.05 bits per heavy atom. The lowest BCUT2D eigenvalue weighted by Crippen LogP contribution is -2.49. The first-order chi connectivity index (χ1) is 10.7. The molecule has 116 valence electrons. The third-order valence-electron chi connectivity index (χ3n) is 4.89. The van der Waals surface area contributed by atoms with Crippen molar-refractivity contribution in [3.05, 3.63) is 48.0 Å². The number of benzene rings is 1. The molecule has 4 atom stereocenters. The number of hydrogen-bond donors (Lipinski definition) is 2. The Balaban J connectivity index is 1.61. The smallest absolute Gasteiger partial charge is 0.307 e. The van der Waals surface area contributed by atoms with Crippen LogP contribution in [0.25, 0.3) is 0 Å². The molecule has 0 aliphatic heterocycles. The van der Waals surface area contributed by atoms with Crippen LogP contribution in [0.15, 0.2) is 42.5 Å². The fourth-order valence-corrected chi connectivity index (χ4v) is 3.78. The van der Waals surface area contributed by atoms with E-state index in [9.17, 15) is 14.7 Å². The summed E-state index contributed by atoms with van der Waals surface area (Å²) in [4.78, 5) is 24.0. The molecule has 2 bridgehead atoms. The topological polar surface area (TPSA) is 66.4 Å². The average Bonchev–Trinajstić information content (AvgIpc) is 2.55. The van der Waals surface area contributed by atoms with Crippen LogP contribution in [-0.2, 0) is 16.0 Å². The van der Waals surface area contributed by atoms with Gasteiger partial charge in [0, 0.05) is 6.54 Å². The van der Waals surface area contributed by atoms with Gasteiger partial charge in [0.1, 0.15) is 0 Å². The van der Waals surface area contributed by atoms with Crippen molar-refractivity contribution in [2.45, 2.75) is 19.3 Å². The Bertz CT molecular complexity index is 581. The van der Waals surface area contributed by atoms with Gasteiger partial charge in [-0.05, 0) is 36.7 Å². The highest BCUT2D eigenvalue weighted by atomic mass is 16.4. The van der Waals surface area contributed by atoms with Gasteiger partial charge in [-0.3, -0.25) is 9.59 Å². The van der Waals surface area contributed by atoms with Crippen LogP contribution in [0.1, 0.15) is 18.4 Å². The minimum atomic E-state index is -0.845. The van der Waals surface area contributed by atoms with Gasteiger partial charge in [-0.2, -0.15) is 0 Å². The Morgan fingerprint density at radius 3 is 2.27 bits per heavy atom. The second-order valence-corrected chi connectivity index (χ2v) is 6.21. The van der Waals surface area contributed by atoms with Crippen LogP contribution in [0.2, 0.25) is 0 Å². The van der Waals surface area contributed by atoms with Crippen molar-refractivity contribution in [2.24, 2.45) is 23.7 Å². The highest BCUT2D eigenvalue weighted by molar-refractivity contribution is 5.86. The number of aliphatic carboxylic acids is 1. The molecular formula is C18H21NO3. The van der Waals surface area contributed by atoms with Crippen LogP contribution in [0.4, 0.5) is 0 Å². The summed E-state index contributed by atoms with van der Waals surface area (Å²) in [7, 11) is 0. The molecule has 2 N–H and O–H groups in total. The summed E-state index contributed by atoms with van der Waals surface area (Å²) in [6, 6.07) is 9.96. The maximum atomic E-state index is 12.5. The van der Waals surface area contributed by atoms with Crippen LogP contribution < -0.4 is 5.32 Å². The molecule has 0 heterocycles. The highest BCUT2D eigenvalue weighted by Gasteiger charge is 2.47. The molecule has 0 aromatic heterocycles. The van der Waals surface area contributed by atoms with Gasteiger partial charge in [0.2, 0.25) is 5.91 Å². The van der Waals surface area contributed by atoms with Gasteiger partial charge in [-0.15, -0.1) is 0 Å². The number of carboxylic acid groups (broad SMARTS) is 1. The van der Waals surface area contributed by atoms with Crippen molar-refractivity contribution in [1.82, 2.24) is 5.32 Å². The molecule has 1 saturated carbocycles. The highest BCUT2D eigenvalue weighted by Crippen LogP contribution is 2.44. The van der Waals surface area contributed by atoms with E-state index < -0.39 is 17.8 Å². The summed E-state index contributed by atoms with van der Waals surface area (Å²) in [5, 5.41) is 12.4. The molecule has 0 saturated heterocycles. The number of amides is 1. The summed E-state index contributed by atoms with van der Waals surface area (Å²) < 4.78 is 0. The normalized spacial score (nSPS) is 29.3. The molecule has 0 radical (unpaired) electrons. The van der Waals surface area contributed by atoms with E-state index in [1.165, 1.54) is 5.56 Å². The Morgan fingerprint density at radius 2 is 1.68 bits per heavy atom. The molecule has 4 rings (SSSR count). The van der Waals surface area contributed by atoms with Gasteiger partial charge in [0.05, 0.1) is 11.8 Å². The van der Waals surface area contributed by atoms with Crippen LogP contribution in [0.5, 0.6) is 0 Å². The second-order valence-electron chi connectivity index (χ2n) is 6.21. The molecule has 0 unspecified atom stereocenters. The summed E-state index contributed by atoms with van der Waals surface area (Å²) in [6.45, 7) is 0.548. The number of hydrogen-bond acceptors (Lipinski definition) is 2. The zero-order chi connectivity index (χ0) is 15.5. The first-order valence-corrected chi connectivity index (χ1v) is 7.89. The van der Waals surface area contributed by atoms with E-state index in [0.717, 1.165) is 19.3 Å². The molecule has 22 heavy (non-hydrogen) atoms. The van der Waals surface area contributed by atoms with Gasteiger partial charge in [-0.25, -0.2) is 0 Å². The van der Waals surface area contributed by atoms with Gasteiger partial charge in [0.25, 0.3) is 0 Å². The molecule has 1 fully saturated rings. The summed E-state index contributed by atoms with van der Waals surface area (Å²) in [5.41, 5.74) is 1.17. The molecule has 0 spiro atoms. The second kappa shape index (κ2) is 6.34. The molecule has 1 amide bonds. The number of allylic oxidation sites excluding steroid dienone is 2. The van der Waals surface area contributed by atoms with Crippen molar-refractivity contribution in [3.63, 3.8) is 0 Å². The number of carboxylic acids is 1. The third-order valence-corrected chi connectivity index (χ3v) is 4.89. The Hall–Kier alpha value is -2.10. The lowest BCUT2D eigenvalue weighted by molar-refractivity contribution is -0.152. The summed E-state index contributed by atoms with van der Waals surface area (Å²) >= 11 is 0. The van der Waals surface area contributed by atoms with E-state index in [1.807, 2.05) is 42.5 Å². The first kappa shape index (κ1) is 14.8. The predicted molar refractivity (Wildman–Crippen MR) is 83.1 cm³/mol. The lowest BCUT2D eigenvalue weighted by atomic mass is 9.62.